The van der Waals surface area contributed by atoms with Crippen LogP contribution in [0.2, 0.25) is 0 Å². The molecule has 0 bridgehead atoms. The minimum atomic E-state index is -0.170. The molecule has 3 aromatic rings. The van der Waals surface area contributed by atoms with E-state index in [1.807, 2.05) is 61.5 Å². The van der Waals surface area contributed by atoms with Gasteiger partial charge in [-0.2, -0.15) is 0 Å². The Bertz CT molecular complexity index is 822. The molecule has 0 saturated heterocycles. The maximum atomic E-state index is 12.3. The molecular formula is C19H18N2O2. The SMILES string of the molecule is Cc1cc(C(=O)Nc2cccc(Nc3ccccc3)c2)c(C)o1. The maximum Gasteiger partial charge on any atom is 0.259 e. The lowest BCUT2D eigenvalue weighted by Crippen LogP contribution is -2.12. The van der Waals surface area contributed by atoms with E-state index in [4.69, 9.17) is 4.42 Å². The number of para-hydroxylation sites is 1. The number of carbonyl (C=O) groups is 1. The van der Waals surface area contributed by atoms with Crippen molar-refractivity contribution in [1.82, 2.24) is 0 Å². The Hall–Kier alpha value is -3.01. The summed E-state index contributed by atoms with van der Waals surface area (Å²) in [6.45, 7) is 3.61. The number of aryl methyl sites for hydroxylation is 2. The zero-order chi connectivity index (χ0) is 16.2. The predicted molar refractivity (Wildman–Crippen MR) is 92.3 cm³/mol. The van der Waals surface area contributed by atoms with Gasteiger partial charge in [-0.1, -0.05) is 24.3 Å². The summed E-state index contributed by atoms with van der Waals surface area (Å²) in [6.07, 6.45) is 0. The van der Waals surface area contributed by atoms with E-state index in [2.05, 4.69) is 10.6 Å². The Morgan fingerprint density at radius 1 is 0.870 bits per heavy atom. The second kappa shape index (κ2) is 6.40. The molecule has 1 heterocycles. The number of hydrogen-bond acceptors (Lipinski definition) is 3. The highest BCUT2D eigenvalue weighted by Gasteiger charge is 2.13. The van der Waals surface area contributed by atoms with Gasteiger partial charge in [-0.3, -0.25) is 4.79 Å². The van der Waals surface area contributed by atoms with Gasteiger partial charge < -0.3 is 15.1 Å². The largest absolute Gasteiger partial charge is 0.466 e. The Morgan fingerprint density at radius 3 is 2.26 bits per heavy atom. The Balaban J connectivity index is 1.75. The van der Waals surface area contributed by atoms with Crippen LogP contribution >= 0.6 is 0 Å². The third-order valence-corrected chi connectivity index (χ3v) is 3.47. The van der Waals surface area contributed by atoms with Crippen LogP contribution in [0.5, 0.6) is 0 Å². The Labute approximate surface area is 135 Å². The standard InChI is InChI=1S/C19H18N2O2/c1-13-11-18(14(2)23-13)19(22)21-17-10-6-9-16(12-17)20-15-7-4-3-5-8-15/h3-12,20H,1-2H3,(H,21,22). The molecule has 0 aliphatic carbocycles. The van der Waals surface area contributed by atoms with Crippen molar-refractivity contribution in [3.8, 4) is 0 Å². The van der Waals surface area contributed by atoms with E-state index >= 15 is 0 Å². The van der Waals surface area contributed by atoms with Crippen molar-refractivity contribution < 1.29 is 9.21 Å². The molecule has 3 rings (SSSR count). The van der Waals surface area contributed by atoms with E-state index in [-0.39, 0.29) is 5.91 Å². The summed E-state index contributed by atoms with van der Waals surface area (Å²) in [7, 11) is 0. The summed E-state index contributed by atoms with van der Waals surface area (Å²) in [5.41, 5.74) is 3.20. The van der Waals surface area contributed by atoms with E-state index in [0.717, 1.165) is 22.8 Å². The normalized spacial score (nSPS) is 10.3. The maximum absolute atomic E-state index is 12.3. The average molecular weight is 306 g/mol. The first-order valence-electron chi connectivity index (χ1n) is 7.42. The van der Waals surface area contributed by atoms with Crippen LogP contribution in [0.3, 0.4) is 0 Å². The Kier molecular flexibility index (Phi) is 4.15. The lowest BCUT2D eigenvalue weighted by Gasteiger charge is -2.09. The van der Waals surface area contributed by atoms with Crippen LogP contribution in [-0.4, -0.2) is 5.91 Å². The summed E-state index contributed by atoms with van der Waals surface area (Å²) in [4.78, 5) is 12.3. The molecule has 0 unspecified atom stereocenters. The molecule has 0 saturated carbocycles. The van der Waals surface area contributed by atoms with Gasteiger partial charge in [0.2, 0.25) is 0 Å². The van der Waals surface area contributed by atoms with Gasteiger partial charge in [0.25, 0.3) is 5.91 Å². The van der Waals surface area contributed by atoms with Crippen molar-refractivity contribution in [3.63, 3.8) is 0 Å². The van der Waals surface area contributed by atoms with Crippen LogP contribution in [-0.2, 0) is 0 Å². The zero-order valence-corrected chi connectivity index (χ0v) is 13.1. The highest BCUT2D eigenvalue weighted by Crippen LogP contribution is 2.21. The molecule has 0 atom stereocenters. The number of benzene rings is 2. The number of furan rings is 1. The van der Waals surface area contributed by atoms with Gasteiger partial charge >= 0.3 is 0 Å². The van der Waals surface area contributed by atoms with E-state index in [1.54, 1.807) is 13.0 Å². The summed E-state index contributed by atoms with van der Waals surface area (Å²) in [5, 5.41) is 6.20. The number of amides is 1. The molecular weight excluding hydrogens is 288 g/mol. The van der Waals surface area contributed by atoms with Crippen molar-refractivity contribution in [2.75, 3.05) is 10.6 Å². The molecule has 4 nitrogen and oxygen atoms in total. The first kappa shape index (κ1) is 14.9. The summed E-state index contributed by atoms with van der Waals surface area (Å²) < 4.78 is 5.40. The number of anilines is 3. The third kappa shape index (κ3) is 3.61. The zero-order valence-electron chi connectivity index (χ0n) is 13.1. The summed E-state index contributed by atoms with van der Waals surface area (Å²) >= 11 is 0. The monoisotopic (exact) mass is 306 g/mol. The van der Waals surface area contributed by atoms with Crippen molar-refractivity contribution in [2.45, 2.75) is 13.8 Å². The van der Waals surface area contributed by atoms with Gasteiger partial charge in [-0.05, 0) is 50.2 Å². The first-order chi connectivity index (χ1) is 11.1. The highest BCUT2D eigenvalue weighted by atomic mass is 16.3. The lowest BCUT2D eigenvalue weighted by molar-refractivity contribution is 0.102. The topological polar surface area (TPSA) is 54.3 Å². The van der Waals surface area contributed by atoms with E-state index < -0.39 is 0 Å². The lowest BCUT2D eigenvalue weighted by atomic mass is 10.2. The average Bonchev–Trinajstić information content (AvgIpc) is 2.87. The van der Waals surface area contributed by atoms with Crippen molar-refractivity contribution >= 4 is 23.0 Å². The van der Waals surface area contributed by atoms with Gasteiger partial charge in [0.15, 0.2) is 0 Å². The van der Waals surface area contributed by atoms with Crippen molar-refractivity contribution in [1.29, 1.82) is 0 Å². The molecule has 2 N–H and O–H groups in total. The summed E-state index contributed by atoms with van der Waals surface area (Å²) in [5.74, 6) is 1.18. The Morgan fingerprint density at radius 2 is 1.57 bits per heavy atom. The summed E-state index contributed by atoms with van der Waals surface area (Å²) in [6, 6.07) is 19.2. The second-order valence-electron chi connectivity index (χ2n) is 5.35. The molecule has 1 amide bonds. The molecule has 116 valence electrons. The van der Waals surface area contributed by atoms with Gasteiger partial charge in [-0.25, -0.2) is 0 Å². The number of hydrogen-bond donors (Lipinski definition) is 2. The minimum Gasteiger partial charge on any atom is -0.466 e. The van der Waals surface area contributed by atoms with E-state index in [0.29, 0.717) is 11.3 Å². The van der Waals surface area contributed by atoms with Gasteiger partial charge in [0.1, 0.15) is 11.5 Å². The van der Waals surface area contributed by atoms with Crippen LogP contribution in [0.25, 0.3) is 0 Å². The molecule has 0 aliphatic rings. The van der Waals surface area contributed by atoms with Crippen LogP contribution in [0, 0.1) is 13.8 Å². The van der Waals surface area contributed by atoms with Gasteiger partial charge in [0, 0.05) is 17.1 Å². The number of carbonyl (C=O) groups excluding carboxylic acids is 1. The van der Waals surface area contributed by atoms with E-state index in [9.17, 15) is 4.79 Å². The first-order valence-corrected chi connectivity index (χ1v) is 7.42. The van der Waals surface area contributed by atoms with E-state index in [1.165, 1.54) is 0 Å². The number of rotatable bonds is 4. The predicted octanol–water partition coefficient (Wildman–Crippen LogP) is 4.89. The van der Waals surface area contributed by atoms with Crippen molar-refractivity contribution in [2.24, 2.45) is 0 Å². The molecule has 2 aromatic carbocycles. The molecule has 0 radical (unpaired) electrons. The van der Waals surface area contributed by atoms with Crippen LogP contribution in [0.4, 0.5) is 17.1 Å². The smallest absolute Gasteiger partial charge is 0.259 e. The highest BCUT2D eigenvalue weighted by molar-refractivity contribution is 6.05. The van der Waals surface area contributed by atoms with Crippen LogP contribution < -0.4 is 10.6 Å². The van der Waals surface area contributed by atoms with Crippen molar-refractivity contribution in [3.05, 3.63) is 77.7 Å². The second-order valence-corrected chi connectivity index (χ2v) is 5.35. The molecule has 0 fully saturated rings. The fraction of sp³-hybridized carbons (Fsp3) is 0.105. The van der Waals surface area contributed by atoms with Gasteiger partial charge in [0.05, 0.1) is 5.56 Å². The van der Waals surface area contributed by atoms with Crippen LogP contribution in [0.1, 0.15) is 21.9 Å². The molecule has 0 aliphatic heterocycles. The van der Waals surface area contributed by atoms with Gasteiger partial charge in [-0.15, -0.1) is 0 Å². The molecule has 0 spiro atoms. The third-order valence-electron chi connectivity index (χ3n) is 3.47. The number of nitrogens with one attached hydrogen (secondary N) is 2. The fourth-order valence-electron chi connectivity index (χ4n) is 2.42. The fourth-order valence-corrected chi connectivity index (χ4v) is 2.42. The molecule has 1 aromatic heterocycles. The molecule has 4 heteroatoms. The minimum absolute atomic E-state index is 0.170. The quantitative estimate of drug-likeness (QED) is 0.721. The molecule has 23 heavy (non-hydrogen) atoms. The van der Waals surface area contributed by atoms with Crippen LogP contribution in [0.15, 0.2) is 65.1 Å².